The fourth-order valence-electron chi connectivity index (χ4n) is 8.82. The largest absolute Gasteiger partial charge is 0.455 e. The molecule has 0 bridgehead atoms. The Balaban J connectivity index is 1.17. The minimum atomic E-state index is 0.875. The van der Waals surface area contributed by atoms with Crippen molar-refractivity contribution in [3.8, 4) is 33.4 Å². The van der Waals surface area contributed by atoms with E-state index in [4.69, 9.17) is 4.42 Å². The number of hydrogen-bond acceptors (Lipinski definition) is 4. The van der Waals surface area contributed by atoms with Crippen LogP contribution in [0.4, 0.5) is 17.1 Å². The lowest BCUT2D eigenvalue weighted by molar-refractivity contribution is 0.670. The first-order valence-electron chi connectivity index (χ1n) is 19.6. The van der Waals surface area contributed by atoms with Crippen LogP contribution in [0.25, 0.3) is 95.7 Å². The highest BCUT2D eigenvalue weighted by molar-refractivity contribution is 7.26. The molecule has 3 aromatic heterocycles. The van der Waals surface area contributed by atoms with E-state index in [1.807, 2.05) is 22.7 Å². The number of nitrogens with zero attached hydrogens (tertiary/aromatic N) is 1. The maximum Gasteiger partial charge on any atom is 0.143 e. The topological polar surface area (TPSA) is 16.4 Å². The maximum absolute atomic E-state index is 6.71. The second kappa shape index (κ2) is 13.3. The van der Waals surface area contributed by atoms with Gasteiger partial charge in [-0.25, -0.2) is 0 Å². The van der Waals surface area contributed by atoms with Gasteiger partial charge < -0.3 is 9.32 Å². The summed E-state index contributed by atoms with van der Waals surface area (Å²) in [4.78, 5) is 2.51. The number of rotatable bonds is 6. The van der Waals surface area contributed by atoms with Gasteiger partial charge >= 0.3 is 0 Å². The van der Waals surface area contributed by atoms with Gasteiger partial charge in [-0.05, 0) is 76.3 Å². The van der Waals surface area contributed by atoms with Crippen molar-refractivity contribution in [2.24, 2.45) is 0 Å². The average Bonchev–Trinajstić information content (AvgIpc) is 3.99. The number of benzene rings is 9. The molecule has 272 valence electrons. The number of para-hydroxylation sites is 1. The predicted octanol–water partition coefficient (Wildman–Crippen LogP) is 16.8. The first-order valence-corrected chi connectivity index (χ1v) is 21.2. The molecule has 0 aliphatic carbocycles. The first-order chi connectivity index (χ1) is 28.8. The Hall–Kier alpha value is -6.98. The fourth-order valence-corrected chi connectivity index (χ4v) is 11.2. The molecule has 0 radical (unpaired) electrons. The Morgan fingerprint density at radius 3 is 1.83 bits per heavy atom. The lowest BCUT2D eigenvalue weighted by Crippen LogP contribution is -2.11. The normalized spacial score (nSPS) is 11.8. The van der Waals surface area contributed by atoms with Crippen LogP contribution in [0.1, 0.15) is 0 Å². The minimum Gasteiger partial charge on any atom is -0.455 e. The summed E-state index contributed by atoms with van der Waals surface area (Å²) in [5.41, 5.74) is 12.3. The molecule has 9 aromatic carbocycles. The number of fused-ring (bicyclic) bond motifs is 9. The van der Waals surface area contributed by atoms with Crippen LogP contribution in [0, 0.1) is 0 Å². The molecular formula is C54H33NOS2. The molecular weight excluding hydrogens is 743 g/mol. The molecule has 12 rings (SSSR count). The van der Waals surface area contributed by atoms with Crippen molar-refractivity contribution in [2.75, 3.05) is 4.90 Å². The molecule has 0 unspecified atom stereocenters. The van der Waals surface area contributed by atoms with E-state index < -0.39 is 0 Å². The van der Waals surface area contributed by atoms with E-state index in [2.05, 4.69) is 205 Å². The average molecular weight is 776 g/mol. The summed E-state index contributed by atoms with van der Waals surface area (Å²) >= 11 is 3.74. The number of furan rings is 1. The van der Waals surface area contributed by atoms with Crippen LogP contribution in [0.15, 0.2) is 205 Å². The molecule has 3 heterocycles. The van der Waals surface area contributed by atoms with Gasteiger partial charge in [0.2, 0.25) is 0 Å². The Morgan fingerprint density at radius 2 is 1.02 bits per heavy atom. The summed E-state index contributed by atoms with van der Waals surface area (Å²) < 4.78 is 11.8. The van der Waals surface area contributed by atoms with E-state index in [1.165, 1.54) is 62.6 Å². The van der Waals surface area contributed by atoms with Crippen LogP contribution in [0.5, 0.6) is 0 Å². The summed E-state index contributed by atoms with van der Waals surface area (Å²) in [5, 5.41) is 7.24. The molecule has 12 aromatic rings. The number of thiophene rings is 2. The summed E-state index contributed by atoms with van der Waals surface area (Å²) in [6.07, 6.45) is 0. The van der Waals surface area contributed by atoms with Gasteiger partial charge in [-0.3, -0.25) is 0 Å². The van der Waals surface area contributed by atoms with Crippen molar-refractivity contribution < 1.29 is 4.42 Å². The smallest absolute Gasteiger partial charge is 0.143 e. The molecule has 0 spiro atoms. The van der Waals surface area contributed by atoms with Crippen molar-refractivity contribution in [3.63, 3.8) is 0 Å². The van der Waals surface area contributed by atoms with Crippen molar-refractivity contribution in [3.05, 3.63) is 200 Å². The van der Waals surface area contributed by atoms with Crippen molar-refractivity contribution >= 4 is 102 Å². The van der Waals surface area contributed by atoms with Gasteiger partial charge in [-0.1, -0.05) is 152 Å². The van der Waals surface area contributed by atoms with E-state index >= 15 is 0 Å². The molecule has 0 aliphatic rings. The zero-order valence-electron chi connectivity index (χ0n) is 31.2. The summed E-state index contributed by atoms with van der Waals surface area (Å²) in [6, 6.07) is 72.6. The fraction of sp³-hybridized carbons (Fsp3) is 0. The lowest BCUT2D eigenvalue weighted by Gasteiger charge is -2.28. The molecule has 0 amide bonds. The molecule has 0 saturated heterocycles. The molecule has 0 atom stereocenters. The van der Waals surface area contributed by atoms with Gasteiger partial charge in [0, 0.05) is 62.4 Å². The van der Waals surface area contributed by atoms with Gasteiger partial charge in [0.05, 0.1) is 11.4 Å². The van der Waals surface area contributed by atoms with Crippen LogP contribution < -0.4 is 4.90 Å². The molecule has 4 heteroatoms. The van der Waals surface area contributed by atoms with Gasteiger partial charge in [0.1, 0.15) is 11.2 Å². The summed E-state index contributed by atoms with van der Waals surface area (Å²) in [7, 11) is 0. The third-order valence-electron chi connectivity index (χ3n) is 11.5. The quantitative estimate of drug-likeness (QED) is 0.167. The van der Waals surface area contributed by atoms with Crippen molar-refractivity contribution in [1.29, 1.82) is 0 Å². The zero-order chi connectivity index (χ0) is 38.2. The summed E-state index contributed by atoms with van der Waals surface area (Å²) in [5.74, 6) is 0. The van der Waals surface area contributed by atoms with Crippen LogP contribution >= 0.6 is 22.7 Å². The third kappa shape index (κ3) is 5.23. The Kier molecular flexibility index (Phi) is 7.62. The maximum atomic E-state index is 6.71. The SMILES string of the molecule is c1ccc(-c2ccc3c(c2)sc2c(-c4ccccc4)ccc(N(c4ccc5oc6c(-c7ccccc7)cccc6c5c4)c4cccc5sc6ccccc6c45)c23)cc1. The first kappa shape index (κ1) is 33.2. The number of anilines is 3. The molecule has 0 fully saturated rings. The van der Waals surface area contributed by atoms with E-state index in [9.17, 15) is 0 Å². The highest BCUT2D eigenvalue weighted by Gasteiger charge is 2.25. The van der Waals surface area contributed by atoms with Crippen LogP contribution in [-0.4, -0.2) is 0 Å². The standard InChI is InChI=1S/C54H33NOS2/c1-4-14-34(15-5-1)37-26-28-43-50(32-37)58-54-40(36-18-8-3-9-19-36)29-30-46(52(43)54)55(45-23-13-25-49-51(45)42-20-10-11-24-48(42)57-49)38-27-31-47-44(33-38)41-22-12-21-39(53(41)56-47)35-16-6-2-7-17-35/h1-33H. The lowest BCUT2D eigenvalue weighted by atomic mass is 9.98. The molecule has 0 aliphatic heterocycles. The Morgan fingerprint density at radius 1 is 0.362 bits per heavy atom. The molecule has 58 heavy (non-hydrogen) atoms. The summed E-state index contributed by atoms with van der Waals surface area (Å²) in [6.45, 7) is 0. The third-order valence-corrected chi connectivity index (χ3v) is 13.8. The van der Waals surface area contributed by atoms with Crippen molar-refractivity contribution in [1.82, 2.24) is 0 Å². The van der Waals surface area contributed by atoms with E-state index in [0.29, 0.717) is 0 Å². The van der Waals surface area contributed by atoms with Crippen molar-refractivity contribution in [2.45, 2.75) is 0 Å². The number of hydrogen-bond donors (Lipinski definition) is 0. The predicted molar refractivity (Wildman–Crippen MR) is 250 cm³/mol. The van der Waals surface area contributed by atoms with Gasteiger partial charge in [0.25, 0.3) is 0 Å². The van der Waals surface area contributed by atoms with Crippen LogP contribution in [-0.2, 0) is 0 Å². The zero-order valence-corrected chi connectivity index (χ0v) is 32.9. The monoisotopic (exact) mass is 775 g/mol. The van der Waals surface area contributed by atoms with Gasteiger partial charge in [-0.2, -0.15) is 0 Å². The highest BCUT2D eigenvalue weighted by Crippen LogP contribution is 2.52. The highest BCUT2D eigenvalue weighted by atomic mass is 32.1. The Bertz CT molecular complexity index is 3510. The molecule has 0 N–H and O–H groups in total. The van der Waals surface area contributed by atoms with Crippen LogP contribution in [0.3, 0.4) is 0 Å². The molecule has 0 saturated carbocycles. The van der Waals surface area contributed by atoms with Crippen LogP contribution in [0.2, 0.25) is 0 Å². The van der Waals surface area contributed by atoms with E-state index in [0.717, 1.165) is 50.1 Å². The van der Waals surface area contributed by atoms with E-state index in [-0.39, 0.29) is 0 Å². The van der Waals surface area contributed by atoms with Gasteiger partial charge in [0.15, 0.2) is 0 Å². The second-order valence-corrected chi connectivity index (χ2v) is 16.9. The molecule has 2 nitrogen and oxygen atoms in total. The second-order valence-electron chi connectivity index (χ2n) is 14.8. The van der Waals surface area contributed by atoms with E-state index in [1.54, 1.807) is 0 Å². The minimum absolute atomic E-state index is 0.875. The van der Waals surface area contributed by atoms with Gasteiger partial charge in [-0.15, -0.1) is 22.7 Å². The Labute approximate surface area is 343 Å².